The van der Waals surface area contributed by atoms with Gasteiger partial charge < -0.3 is 4.90 Å². The van der Waals surface area contributed by atoms with Crippen LogP contribution in [-0.4, -0.2) is 15.0 Å². The number of aromatic nitrogens is 3. The Morgan fingerprint density at radius 1 is 0.333 bits per heavy atom. The summed E-state index contributed by atoms with van der Waals surface area (Å²) < 4.78 is 0. The molecule has 0 aliphatic carbocycles. The number of nitrogens with zero attached hydrogens (tertiary/aromatic N) is 4. The lowest BCUT2D eigenvalue weighted by atomic mass is 9.94. The molecule has 0 N–H and O–H groups in total. The fraction of sp³-hybridized carbons (Fsp3) is 0. The molecule has 54 heavy (non-hydrogen) atoms. The summed E-state index contributed by atoms with van der Waals surface area (Å²) in [5, 5.41) is 0. The van der Waals surface area contributed by atoms with E-state index in [1.807, 2.05) is 36.0 Å². The van der Waals surface area contributed by atoms with Crippen molar-refractivity contribution in [1.82, 2.24) is 15.0 Å². The lowest BCUT2D eigenvalue weighted by Gasteiger charge is -2.33. The monoisotopic (exact) mass is 708 g/mol. The fourth-order valence-corrected chi connectivity index (χ4v) is 8.42. The highest BCUT2D eigenvalue weighted by Gasteiger charge is 2.27. The zero-order chi connectivity index (χ0) is 35.8. The summed E-state index contributed by atoms with van der Waals surface area (Å²) in [6.45, 7) is 0. The molecule has 0 amide bonds. The maximum absolute atomic E-state index is 5.63. The third kappa shape index (κ3) is 5.63. The molecule has 0 spiro atoms. The van der Waals surface area contributed by atoms with Crippen molar-refractivity contribution in [2.75, 3.05) is 4.90 Å². The van der Waals surface area contributed by atoms with Gasteiger partial charge >= 0.3 is 0 Å². The van der Waals surface area contributed by atoms with Crippen LogP contribution in [0.15, 0.2) is 204 Å². The first-order chi connectivity index (χ1) is 26.8. The van der Waals surface area contributed by atoms with Gasteiger partial charge in [0.25, 0.3) is 0 Å². The number of hydrogen-bond donors (Lipinski definition) is 0. The topological polar surface area (TPSA) is 41.9 Å². The third-order valence-electron chi connectivity index (χ3n) is 9.83. The van der Waals surface area contributed by atoms with Crippen LogP contribution in [0.5, 0.6) is 0 Å². The summed E-state index contributed by atoms with van der Waals surface area (Å²) >= 11 is 1.81. The maximum atomic E-state index is 5.63. The summed E-state index contributed by atoms with van der Waals surface area (Å²) in [6, 6.07) is 67.6. The average Bonchev–Trinajstić information content (AvgIpc) is 3.25. The van der Waals surface area contributed by atoms with Crippen molar-refractivity contribution < 1.29 is 0 Å². The van der Waals surface area contributed by atoms with Crippen molar-refractivity contribution in [3.63, 3.8) is 0 Å². The van der Waals surface area contributed by atoms with E-state index in [9.17, 15) is 0 Å². The lowest BCUT2D eigenvalue weighted by Crippen LogP contribution is -2.14. The zero-order valence-electron chi connectivity index (χ0n) is 29.2. The van der Waals surface area contributed by atoms with Gasteiger partial charge in [-0.2, -0.15) is 0 Å². The van der Waals surface area contributed by atoms with E-state index in [0.29, 0.717) is 0 Å². The Hall–Kier alpha value is -6.82. The van der Waals surface area contributed by atoms with Crippen molar-refractivity contribution in [2.45, 2.75) is 9.79 Å². The Labute approximate surface area is 318 Å². The highest BCUT2D eigenvalue weighted by Crippen LogP contribution is 2.52. The molecule has 1 aliphatic heterocycles. The van der Waals surface area contributed by atoms with Crippen LogP contribution in [0.4, 0.5) is 17.1 Å². The predicted octanol–water partition coefficient (Wildman–Crippen LogP) is 13.3. The van der Waals surface area contributed by atoms with E-state index < -0.39 is 0 Å². The molecule has 9 aromatic rings. The van der Waals surface area contributed by atoms with E-state index in [2.05, 4.69) is 175 Å². The first-order valence-corrected chi connectivity index (χ1v) is 18.9. The molecular formula is C49H32N4S. The molecule has 0 unspecified atom stereocenters. The number of rotatable bonds is 6. The minimum absolute atomic E-state index is 0.749. The van der Waals surface area contributed by atoms with E-state index >= 15 is 0 Å². The highest BCUT2D eigenvalue weighted by atomic mass is 32.2. The van der Waals surface area contributed by atoms with E-state index in [1.54, 1.807) is 0 Å². The summed E-state index contributed by atoms with van der Waals surface area (Å²) in [4.78, 5) is 21.6. The largest absolute Gasteiger partial charge is 0.308 e. The van der Waals surface area contributed by atoms with Gasteiger partial charge in [0.05, 0.1) is 34.2 Å². The zero-order valence-corrected chi connectivity index (χ0v) is 30.0. The van der Waals surface area contributed by atoms with Gasteiger partial charge in [0.2, 0.25) is 0 Å². The van der Waals surface area contributed by atoms with Crippen molar-refractivity contribution in [3.8, 4) is 56.2 Å². The normalized spacial score (nSPS) is 12.0. The summed E-state index contributed by atoms with van der Waals surface area (Å²) in [7, 11) is 0. The molecule has 4 nitrogen and oxygen atoms in total. The molecule has 1 aliphatic rings. The second-order valence-electron chi connectivity index (χ2n) is 13.2. The quantitative estimate of drug-likeness (QED) is 0.172. The Morgan fingerprint density at radius 2 is 0.778 bits per heavy atom. The van der Waals surface area contributed by atoms with Crippen LogP contribution in [0.25, 0.3) is 67.2 Å². The number of hydrogen-bond acceptors (Lipinski definition) is 5. The van der Waals surface area contributed by atoms with E-state index in [1.165, 1.54) is 9.79 Å². The molecule has 0 radical (unpaired) electrons. The molecular weight excluding hydrogens is 677 g/mol. The standard InChI is InChI=1S/C49H32N4S/c1-5-18-33(19-6-1)43-44(34-20-7-2-8-21-34)50-47(49-48(43)51-45(35-22-9-3-10-23-35)46(52-49)36-24-11-4-12-25-36)37-26-17-27-38(32-37)53-39-28-13-15-30-41(39)54-42-31-16-14-29-40(42)53/h1-32H. The van der Waals surface area contributed by atoms with Crippen LogP contribution in [-0.2, 0) is 0 Å². The van der Waals surface area contributed by atoms with Crippen molar-refractivity contribution >= 4 is 39.9 Å². The molecule has 254 valence electrons. The summed E-state index contributed by atoms with van der Waals surface area (Å²) in [6.07, 6.45) is 0. The maximum Gasteiger partial charge on any atom is 0.116 e. The van der Waals surface area contributed by atoms with E-state index in [-0.39, 0.29) is 0 Å². The van der Waals surface area contributed by atoms with E-state index in [0.717, 1.165) is 84.3 Å². The molecule has 0 atom stereocenters. The molecule has 5 heteroatoms. The number of para-hydroxylation sites is 2. The Kier molecular flexibility index (Phi) is 8.04. The minimum Gasteiger partial charge on any atom is -0.308 e. The van der Waals surface area contributed by atoms with Crippen molar-refractivity contribution in [3.05, 3.63) is 194 Å². The van der Waals surface area contributed by atoms with Gasteiger partial charge in [0.15, 0.2) is 0 Å². The van der Waals surface area contributed by atoms with Gasteiger partial charge in [-0.3, -0.25) is 0 Å². The molecule has 0 saturated heterocycles. The van der Waals surface area contributed by atoms with Crippen LogP contribution in [0.2, 0.25) is 0 Å². The Bertz CT molecular complexity index is 2740. The van der Waals surface area contributed by atoms with Crippen molar-refractivity contribution in [1.29, 1.82) is 0 Å². The minimum atomic E-state index is 0.749. The summed E-state index contributed by atoms with van der Waals surface area (Å²) in [5.74, 6) is 0. The first-order valence-electron chi connectivity index (χ1n) is 18.0. The third-order valence-corrected chi connectivity index (χ3v) is 11.0. The molecule has 2 aromatic heterocycles. The number of fused-ring (bicyclic) bond motifs is 3. The van der Waals surface area contributed by atoms with E-state index in [4.69, 9.17) is 15.0 Å². The van der Waals surface area contributed by atoms with Crippen molar-refractivity contribution in [2.24, 2.45) is 0 Å². The molecule has 0 bridgehead atoms. The van der Waals surface area contributed by atoms with Gasteiger partial charge in [-0.1, -0.05) is 169 Å². The highest BCUT2D eigenvalue weighted by molar-refractivity contribution is 7.99. The van der Waals surface area contributed by atoms with Gasteiger partial charge in [-0.25, -0.2) is 15.0 Å². The second kappa shape index (κ2) is 13.6. The van der Waals surface area contributed by atoms with Crippen LogP contribution in [0.3, 0.4) is 0 Å². The Balaban J connectivity index is 1.30. The van der Waals surface area contributed by atoms with Crippen LogP contribution < -0.4 is 4.90 Å². The van der Waals surface area contributed by atoms with Crippen LogP contribution >= 0.6 is 11.8 Å². The molecule has 10 rings (SSSR count). The first kappa shape index (κ1) is 31.9. The van der Waals surface area contributed by atoms with Crippen LogP contribution in [0, 0.1) is 0 Å². The fourth-order valence-electron chi connectivity index (χ4n) is 7.36. The van der Waals surface area contributed by atoms with Crippen LogP contribution in [0.1, 0.15) is 0 Å². The summed E-state index contributed by atoms with van der Waals surface area (Å²) in [5.41, 5.74) is 14.2. The SMILES string of the molecule is c1ccc(-c2nc3c(-c4cccc(N5c6ccccc6Sc6ccccc65)c4)nc(-c4ccccc4)c(-c4ccccc4)c3nc2-c2ccccc2)cc1. The lowest BCUT2D eigenvalue weighted by molar-refractivity contribution is 1.16. The predicted molar refractivity (Wildman–Crippen MR) is 223 cm³/mol. The number of anilines is 3. The van der Waals surface area contributed by atoms with Gasteiger partial charge in [-0.05, 0) is 42.0 Å². The Morgan fingerprint density at radius 3 is 1.33 bits per heavy atom. The van der Waals surface area contributed by atoms with Gasteiger partial charge in [-0.15, -0.1) is 0 Å². The number of pyridine rings is 1. The average molecular weight is 709 g/mol. The molecule has 0 fully saturated rings. The smallest absolute Gasteiger partial charge is 0.116 e. The molecule has 0 saturated carbocycles. The molecule has 7 aromatic carbocycles. The molecule has 3 heterocycles. The van der Waals surface area contributed by atoms with Gasteiger partial charge in [0, 0.05) is 43.3 Å². The number of benzene rings is 7. The van der Waals surface area contributed by atoms with Gasteiger partial charge in [0.1, 0.15) is 11.0 Å². The second-order valence-corrected chi connectivity index (χ2v) is 14.3.